The molecule has 0 heterocycles. The quantitative estimate of drug-likeness (QED) is 0.799. The van der Waals surface area contributed by atoms with Gasteiger partial charge in [-0.05, 0) is 59.7 Å². The lowest BCUT2D eigenvalue weighted by Crippen LogP contribution is -2.32. The first-order valence-electron chi connectivity index (χ1n) is 6.54. The molecule has 1 aromatic carbocycles. The Balaban J connectivity index is 1.82. The maximum Gasteiger partial charge on any atom is 0.319 e. The van der Waals surface area contributed by atoms with E-state index in [0.717, 1.165) is 35.0 Å². The monoisotopic (exact) mass is 326 g/mol. The first-order chi connectivity index (χ1) is 9.06. The second-order valence-corrected chi connectivity index (χ2v) is 5.90. The largest absolute Gasteiger partial charge is 0.393 e. The van der Waals surface area contributed by atoms with E-state index in [1.807, 2.05) is 25.1 Å². The van der Waals surface area contributed by atoms with Crippen molar-refractivity contribution in [1.82, 2.24) is 5.32 Å². The molecule has 1 fully saturated rings. The van der Waals surface area contributed by atoms with Crippen molar-refractivity contribution < 1.29 is 9.90 Å². The van der Waals surface area contributed by atoms with Crippen LogP contribution in [0.5, 0.6) is 0 Å². The fourth-order valence-electron chi connectivity index (χ4n) is 2.38. The number of carbonyl (C=O) groups is 1. The van der Waals surface area contributed by atoms with E-state index < -0.39 is 0 Å². The summed E-state index contributed by atoms with van der Waals surface area (Å²) in [4.78, 5) is 11.8. The number of benzene rings is 1. The smallest absolute Gasteiger partial charge is 0.319 e. The predicted octanol–water partition coefficient (Wildman–Crippen LogP) is 3.04. The fourth-order valence-corrected chi connectivity index (χ4v) is 2.74. The molecule has 1 aliphatic rings. The van der Waals surface area contributed by atoms with E-state index in [2.05, 4.69) is 26.6 Å². The van der Waals surface area contributed by atoms with E-state index in [0.29, 0.717) is 12.5 Å². The molecule has 0 aromatic heterocycles. The first kappa shape index (κ1) is 14.3. The minimum absolute atomic E-state index is 0.194. The van der Waals surface area contributed by atoms with Crippen molar-refractivity contribution in [2.75, 3.05) is 11.9 Å². The average Bonchev–Trinajstić information content (AvgIpc) is 2.78. The summed E-state index contributed by atoms with van der Waals surface area (Å²) in [5.74, 6) is 0.390. The van der Waals surface area contributed by atoms with Gasteiger partial charge in [0.15, 0.2) is 0 Å². The minimum atomic E-state index is -0.201. The number of hydrogen-bond donors (Lipinski definition) is 3. The Bertz CT molecular complexity index is 465. The van der Waals surface area contributed by atoms with Crippen LogP contribution in [-0.4, -0.2) is 23.8 Å². The molecular weight excluding hydrogens is 308 g/mol. The predicted molar refractivity (Wildman–Crippen MR) is 79.2 cm³/mol. The van der Waals surface area contributed by atoms with E-state index in [4.69, 9.17) is 0 Å². The van der Waals surface area contributed by atoms with Gasteiger partial charge in [-0.2, -0.15) is 0 Å². The third-order valence-corrected chi connectivity index (χ3v) is 4.56. The minimum Gasteiger partial charge on any atom is -0.393 e. The van der Waals surface area contributed by atoms with Gasteiger partial charge >= 0.3 is 6.03 Å². The van der Waals surface area contributed by atoms with E-state index in [9.17, 15) is 9.90 Å². The molecule has 2 rings (SSSR count). The number of aliphatic hydroxyl groups is 1. The molecule has 104 valence electrons. The number of rotatable bonds is 3. The van der Waals surface area contributed by atoms with Crippen LogP contribution in [-0.2, 0) is 0 Å². The standard InChI is InChI=1S/C14H19BrN2O2/c1-9-3-2-4-12(13(9)15)17-14(19)16-8-10-5-6-11(18)7-10/h2-4,10-11,18H,5-8H2,1H3,(H2,16,17,19). The molecule has 0 spiro atoms. The van der Waals surface area contributed by atoms with E-state index in [-0.39, 0.29) is 12.1 Å². The van der Waals surface area contributed by atoms with Crippen LogP contribution in [0, 0.1) is 12.8 Å². The summed E-state index contributed by atoms with van der Waals surface area (Å²) < 4.78 is 0.904. The molecule has 1 aromatic rings. The van der Waals surface area contributed by atoms with Crippen LogP contribution < -0.4 is 10.6 Å². The maximum atomic E-state index is 11.8. The third-order valence-electron chi connectivity index (χ3n) is 3.50. The number of aryl methyl sites for hydroxylation is 1. The van der Waals surface area contributed by atoms with Crippen LogP contribution >= 0.6 is 15.9 Å². The summed E-state index contributed by atoms with van der Waals surface area (Å²) in [6.07, 6.45) is 2.42. The second kappa shape index (κ2) is 6.39. The highest BCUT2D eigenvalue weighted by molar-refractivity contribution is 9.10. The van der Waals surface area contributed by atoms with Crippen LogP contribution in [0.25, 0.3) is 0 Å². The Morgan fingerprint density at radius 2 is 2.26 bits per heavy atom. The molecule has 5 heteroatoms. The van der Waals surface area contributed by atoms with Crippen LogP contribution in [0.1, 0.15) is 24.8 Å². The van der Waals surface area contributed by atoms with Crippen molar-refractivity contribution in [1.29, 1.82) is 0 Å². The zero-order chi connectivity index (χ0) is 13.8. The lowest BCUT2D eigenvalue weighted by Gasteiger charge is -2.13. The summed E-state index contributed by atoms with van der Waals surface area (Å²) in [5.41, 5.74) is 1.85. The lowest BCUT2D eigenvalue weighted by atomic mass is 10.1. The number of nitrogens with one attached hydrogen (secondary N) is 2. The van der Waals surface area contributed by atoms with Crippen LogP contribution in [0.3, 0.4) is 0 Å². The Morgan fingerprint density at radius 1 is 1.47 bits per heavy atom. The van der Waals surface area contributed by atoms with Crippen molar-refractivity contribution in [3.8, 4) is 0 Å². The average molecular weight is 327 g/mol. The highest BCUT2D eigenvalue weighted by atomic mass is 79.9. The summed E-state index contributed by atoms with van der Waals surface area (Å²) in [6.45, 7) is 2.60. The van der Waals surface area contributed by atoms with E-state index in [1.165, 1.54) is 0 Å². The number of aliphatic hydroxyl groups excluding tert-OH is 1. The fraction of sp³-hybridized carbons (Fsp3) is 0.500. The van der Waals surface area contributed by atoms with Crippen molar-refractivity contribution in [2.24, 2.45) is 5.92 Å². The van der Waals surface area contributed by atoms with Gasteiger partial charge in [-0.3, -0.25) is 0 Å². The summed E-state index contributed by atoms with van der Waals surface area (Å²) in [5, 5.41) is 15.1. The normalized spacial score (nSPS) is 22.3. The van der Waals surface area contributed by atoms with Crippen molar-refractivity contribution in [3.05, 3.63) is 28.2 Å². The molecule has 2 atom stereocenters. The van der Waals surface area contributed by atoms with Gasteiger partial charge in [0.05, 0.1) is 11.8 Å². The maximum absolute atomic E-state index is 11.8. The van der Waals surface area contributed by atoms with Gasteiger partial charge in [0.2, 0.25) is 0 Å². The summed E-state index contributed by atoms with van der Waals surface area (Å²) >= 11 is 3.46. The number of carbonyl (C=O) groups excluding carboxylic acids is 1. The highest BCUT2D eigenvalue weighted by Crippen LogP contribution is 2.26. The summed E-state index contributed by atoms with van der Waals surface area (Å²) in [6, 6.07) is 5.54. The number of halogens is 1. The highest BCUT2D eigenvalue weighted by Gasteiger charge is 2.22. The van der Waals surface area contributed by atoms with Gasteiger partial charge in [-0.25, -0.2) is 4.79 Å². The van der Waals surface area contributed by atoms with Crippen LogP contribution in [0.2, 0.25) is 0 Å². The number of urea groups is 1. The topological polar surface area (TPSA) is 61.4 Å². The molecule has 0 saturated heterocycles. The Morgan fingerprint density at radius 3 is 2.95 bits per heavy atom. The molecule has 1 aliphatic carbocycles. The molecule has 19 heavy (non-hydrogen) atoms. The van der Waals surface area contributed by atoms with Crippen LogP contribution in [0.4, 0.5) is 10.5 Å². The van der Waals surface area contributed by atoms with Gasteiger partial charge in [0.25, 0.3) is 0 Å². The zero-order valence-electron chi connectivity index (χ0n) is 10.9. The molecule has 2 amide bonds. The van der Waals surface area contributed by atoms with Crippen molar-refractivity contribution >= 4 is 27.6 Å². The first-order valence-corrected chi connectivity index (χ1v) is 7.33. The molecule has 3 N–H and O–H groups in total. The van der Waals surface area contributed by atoms with E-state index >= 15 is 0 Å². The zero-order valence-corrected chi connectivity index (χ0v) is 12.5. The van der Waals surface area contributed by atoms with Gasteiger partial charge in [0.1, 0.15) is 0 Å². The Hall–Kier alpha value is -1.07. The van der Waals surface area contributed by atoms with Crippen LogP contribution in [0.15, 0.2) is 22.7 Å². The molecule has 0 bridgehead atoms. The van der Waals surface area contributed by atoms with Gasteiger partial charge in [0, 0.05) is 11.0 Å². The Labute approximate surface area is 121 Å². The lowest BCUT2D eigenvalue weighted by molar-refractivity contribution is 0.177. The second-order valence-electron chi connectivity index (χ2n) is 5.10. The SMILES string of the molecule is Cc1cccc(NC(=O)NCC2CCC(O)C2)c1Br. The van der Waals surface area contributed by atoms with Gasteiger partial charge in [-0.15, -0.1) is 0 Å². The summed E-state index contributed by atoms with van der Waals surface area (Å²) in [7, 11) is 0. The van der Waals surface area contributed by atoms with Crippen molar-refractivity contribution in [2.45, 2.75) is 32.3 Å². The van der Waals surface area contributed by atoms with Gasteiger partial charge in [-0.1, -0.05) is 12.1 Å². The third kappa shape index (κ3) is 3.94. The molecule has 2 unspecified atom stereocenters. The number of hydrogen-bond acceptors (Lipinski definition) is 2. The Kier molecular flexibility index (Phi) is 4.82. The number of anilines is 1. The molecular formula is C14H19BrN2O2. The van der Waals surface area contributed by atoms with Gasteiger partial charge < -0.3 is 15.7 Å². The molecule has 4 nitrogen and oxygen atoms in total. The molecule has 1 saturated carbocycles. The molecule has 0 radical (unpaired) electrons. The van der Waals surface area contributed by atoms with Crippen molar-refractivity contribution in [3.63, 3.8) is 0 Å². The van der Waals surface area contributed by atoms with E-state index in [1.54, 1.807) is 0 Å². The number of amides is 2. The molecule has 0 aliphatic heterocycles.